The fourth-order valence-electron chi connectivity index (χ4n) is 2.86. The Labute approximate surface area is 74.5 Å². The number of rotatable bonds is 0. The molecule has 12 heavy (non-hydrogen) atoms. The van der Waals surface area contributed by atoms with Gasteiger partial charge in [0.05, 0.1) is 5.76 Å². The number of fused-ring (bicyclic) bond motifs is 1. The van der Waals surface area contributed by atoms with Gasteiger partial charge in [0.2, 0.25) is 0 Å². The van der Waals surface area contributed by atoms with Gasteiger partial charge < -0.3 is 5.11 Å². The van der Waals surface area contributed by atoms with Gasteiger partial charge in [0, 0.05) is 6.42 Å². The molecule has 2 aliphatic rings. The minimum atomic E-state index is 0.693. The zero-order valence-electron chi connectivity index (χ0n) is 7.84. The normalized spacial score (nSPS) is 36.4. The summed E-state index contributed by atoms with van der Waals surface area (Å²) in [5.74, 6) is 2.32. The second-order valence-corrected chi connectivity index (χ2v) is 4.32. The summed E-state index contributed by atoms with van der Waals surface area (Å²) in [6.07, 6.45) is 7.66. The Balaban J connectivity index is 2.17. The van der Waals surface area contributed by atoms with E-state index in [1.807, 2.05) is 0 Å². The molecule has 0 aliphatic heterocycles. The van der Waals surface area contributed by atoms with Crippen LogP contribution in [0.3, 0.4) is 0 Å². The molecule has 1 heteroatoms. The molecule has 1 nitrogen and oxygen atoms in total. The predicted octanol–water partition coefficient (Wildman–Crippen LogP) is 3.42. The van der Waals surface area contributed by atoms with Crippen LogP contribution in [0.1, 0.15) is 45.4 Å². The van der Waals surface area contributed by atoms with Crippen molar-refractivity contribution in [1.29, 1.82) is 0 Å². The molecule has 0 aromatic carbocycles. The van der Waals surface area contributed by atoms with Crippen molar-refractivity contribution in [2.24, 2.45) is 11.8 Å². The summed E-state index contributed by atoms with van der Waals surface area (Å²) in [6.45, 7) is 2.12. The Hall–Kier alpha value is -0.460. The Morgan fingerprint density at radius 1 is 1.17 bits per heavy atom. The molecular weight excluding hydrogens is 148 g/mol. The molecule has 0 bridgehead atoms. The summed E-state index contributed by atoms with van der Waals surface area (Å²) < 4.78 is 0. The minimum absolute atomic E-state index is 0.693. The van der Waals surface area contributed by atoms with Crippen LogP contribution >= 0.6 is 0 Å². The van der Waals surface area contributed by atoms with Gasteiger partial charge in [-0.05, 0) is 43.6 Å². The number of hydrogen-bond acceptors (Lipinski definition) is 1. The molecule has 0 radical (unpaired) electrons. The van der Waals surface area contributed by atoms with Crippen molar-refractivity contribution in [2.75, 3.05) is 0 Å². The van der Waals surface area contributed by atoms with Crippen LogP contribution in [0.4, 0.5) is 0 Å². The molecule has 1 fully saturated rings. The standard InChI is InChI=1S/C11H18O/c1-8-10-5-3-2-4-9(10)6-7-11(8)12/h9-10,12H,2-7H2,1H3/t9-,10-/m0/s1. The van der Waals surface area contributed by atoms with E-state index in [9.17, 15) is 5.11 Å². The van der Waals surface area contributed by atoms with E-state index < -0.39 is 0 Å². The molecule has 68 valence electrons. The first-order valence-corrected chi connectivity index (χ1v) is 5.17. The van der Waals surface area contributed by atoms with Crippen molar-refractivity contribution in [2.45, 2.75) is 45.4 Å². The SMILES string of the molecule is CC1=C(O)CC[C@@H]2CCCC[C@@H]12. The first-order valence-electron chi connectivity index (χ1n) is 5.17. The molecule has 2 rings (SSSR count). The van der Waals surface area contributed by atoms with Crippen LogP contribution in [-0.4, -0.2) is 5.11 Å². The third-order valence-corrected chi connectivity index (χ3v) is 3.67. The van der Waals surface area contributed by atoms with Crippen LogP contribution in [0, 0.1) is 11.8 Å². The molecule has 1 N–H and O–H groups in total. The monoisotopic (exact) mass is 166 g/mol. The molecule has 0 amide bonds. The van der Waals surface area contributed by atoms with Crippen LogP contribution in [0.25, 0.3) is 0 Å². The molecule has 0 aromatic rings. The lowest BCUT2D eigenvalue weighted by molar-refractivity contribution is 0.210. The quantitative estimate of drug-likeness (QED) is 0.584. The van der Waals surface area contributed by atoms with Crippen molar-refractivity contribution in [3.05, 3.63) is 11.3 Å². The zero-order chi connectivity index (χ0) is 8.55. The smallest absolute Gasteiger partial charge is 0.0914 e. The summed E-state index contributed by atoms with van der Waals surface area (Å²) in [5.41, 5.74) is 1.30. The fourth-order valence-corrected chi connectivity index (χ4v) is 2.86. The average Bonchev–Trinajstić information content (AvgIpc) is 2.12. The van der Waals surface area contributed by atoms with Gasteiger partial charge in [-0.3, -0.25) is 0 Å². The highest BCUT2D eigenvalue weighted by Gasteiger charge is 2.30. The third kappa shape index (κ3) is 1.26. The van der Waals surface area contributed by atoms with Crippen LogP contribution in [-0.2, 0) is 0 Å². The number of allylic oxidation sites excluding steroid dienone is 2. The molecule has 0 aromatic heterocycles. The van der Waals surface area contributed by atoms with E-state index in [0.29, 0.717) is 5.76 Å². The van der Waals surface area contributed by atoms with Crippen molar-refractivity contribution in [3.8, 4) is 0 Å². The van der Waals surface area contributed by atoms with Gasteiger partial charge in [0.25, 0.3) is 0 Å². The maximum atomic E-state index is 9.60. The predicted molar refractivity (Wildman–Crippen MR) is 50.0 cm³/mol. The van der Waals surface area contributed by atoms with Gasteiger partial charge in [0.1, 0.15) is 0 Å². The number of hydrogen-bond donors (Lipinski definition) is 1. The van der Waals surface area contributed by atoms with Crippen molar-refractivity contribution in [1.82, 2.24) is 0 Å². The van der Waals surface area contributed by atoms with Crippen LogP contribution in [0.2, 0.25) is 0 Å². The van der Waals surface area contributed by atoms with Crippen LogP contribution in [0.15, 0.2) is 11.3 Å². The second-order valence-electron chi connectivity index (χ2n) is 4.32. The summed E-state index contributed by atoms with van der Waals surface area (Å²) in [7, 11) is 0. The Bertz CT molecular complexity index is 205. The lowest BCUT2D eigenvalue weighted by atomic mass is 9.70. The van der Waals surface area contributed by atoms with Gasteiger partial charge in [-0.1, -0.05) is 12.8 Å². The Kier molecular flexibility index (Phi) is 2.12. The van der Waals surface area contributed by atoms with Crippen LogP contribution in [0.5, 0.6) is 0 Å². The number of aliphatic hydroxyl groups is 1. The van der Waals surface area contributed by atoms with E-state index in [0.717, 1.165) is 18.3 Å². The summed E-state index contributed by atoms with van der Waals surface area (Å²) in [5, 5.41) is 9.60. The van der Waals surface area contributed by atoms with Gasteiger partial charge >= 0.3 is 0 Å². The van der Waals surface area contributed by atoms with Crippen LogP contribution < -0.4 is 0 Å². The van der Waals surface area contributed by atoms with Crippen molar-refractivity contribution in [3.63, 3.8) is 0 Å². The molecule has 0 heterocycles. The molecule has 2 aliphatic carbocycles. The van der Waals surface area contributed by atoms with Gasteiger partial charge in [-0.2, -0.15) is 0 Å². The zero-order valence-corrected chi connectivity index (χ0v) is 7.84. The van der Waals surface area contributed by atoms with E-state index >= 15 is 0 Å². The van der Waals surface area contributed by atoms with Gasteiger partial charge in [-0.15, -0.1) is 0 Å². The first kappa shape index (κ1) is 8.15. The highest BCUT2D eigenvalue weighted by Crippen LogP contribution is 2.42. The van der Waals surface area contributed by atoms with Gasteiger partial charge in [0.15, 0.2) is 0 Å². The summed E-state index contributed by atoms with van der Waals surface area (Å²) in [4.78, 5) is 0. The second kappa shape index (κ2) is 3.12. The highest BCUT2D eigenvalue weighted by atomic mass is 16.3. The summed E-state index contributed by atoms with van der Waals surface area (Å²) in [6, 6.07) is 0. The topological polar surface area (TPSA) is 20.2 Å². The Morgan fingerprint density at radius 3 is 2.75 bits per heavy atom. The van der Waals surface area contributed by atoms with E-state index in [4.69, 9.17) is 0 Å². The lowest BCUT2D eigenvalue weighted by Gasteiger charge is -2.36. The van der Waals surface area contributed by atoms with E-state index in [2.05, 4.69) is 6.92 Å². The van der Waals surface area contributed by atoms with E-state index in [1.54, 1.807) is 0 Å². The highest BCUT2D eigenvalue weighted by molar-refractivity contribution is 5.14. The molecule has 2 atom stereocenters. The maximum absolute atomic E-state index is 9.60. The minimum Gasteiger partial charge on any atom is -0.512 e. The molecule has 0 unspecified atom stereocenters. The van der Waals surface area contributed by atoms with Crippen molar-refractivity contribution >= 4 is 0 Å². The number of aliphatic hydroxyl groups excluding tert-OH is 1. The van der Waals surface area contributed by atoms with E-state index in [-0.39, 0.29) is 0 Å². The lowest BCUT2D eigenvalue weighted by Crippen LogP contribution is -2.25. The first-order chi connectivity index (χ1) is 5.79. The van der Waals surface area contributed by atoms with Crippen molar-refractivity contribution < 1.29 is 5.11 Å². The van der Waals surface area contributed by atoms with E-state index in [1.165, 1.54) is 37.7 Å². The Morgan fingerprint density at radius 2 is 1.92 bits per heavy atom. The fraction of sp³-hybridized carbons (Fsp3) is 0.818. The van der Waals surface area contributed by atoms with Gasteiger partial charge in [-0.25, -0.2) is 0 Å². The molecule has 1 saturated carbocycles. The molecule has 0 spiro atoms. The molecule has 0 saturated heterocycles. The third-order valence-electron chi connectivity index (χ3n) is 3.67. The largest absolute Gasteiger partial charge is 0.512 e. The summed E-state index contributed by atoms with van der Waals surface area (Å²) >= 11 is 0. The molecular formula is C11H18O. The maximum Gasteiger partial charge on any atom is 0.0914 e. The average molecular weight is 166 g/mol.